The van der Waals surface area contributed by atoms with Gasteiger partial charge in [0.15, 0.2) is 11.5 Å². The summed E-state index contributed by atoms with van der Waals surface area (Å²) in [6.45, 7) is 2.15. The largest absolute Gasteiger partial charge is 0.493 e. The first-order valence-corrected chi connectivity index (χ1v) is 9.14. The second-order valence-corrected chi connectivity index (χ2v) is 7.41. The number of methoxy groups -OCH3 is 3. The number of carbonyl (C=O) groups is 1. The van der Waals surface area contributed by atoms with Crippen LogP contribution in [0.15, 0.2) is 12.1 Å². The van der Waals surface area contributed by atoms with Crippen LogP contribution in [0, 0.1) is 17.8 Å². The molecule has 0 aliphatic heterocycles. The van der Waals surface area contributed by atoms with Crippen LogP contribution in [0.25, 0.3) is 0 Å². The molecule has 0 saturated heterocycles. The van der Waals surface area contributed by atoms with Gasteiger partial charge in [0, 0.05) is 6.04 Å². The van der Waals surface area contributed by atoms with Gasteiger partial charge in [-0.15, -0.1) is 0 Å². The van der Waals surface area contributed by atoms with Crippen molar-refractivity contribution in [2.45, 2.75) is 45.1 Å². The molecule has 0 aromatic heterocycles. The first-order chi connectivity index (χ1) is 12.0. The molecule has 4 atom stereocenters. The van der Waals surface area contributed by atoms with Crippen molar-refractivity contribution in [1.29, 1.82) is 0 Å². The number of amides is 1. The zero-order valence-corrected chi connectivity index (χ0v) is 15.6. The van der Waals surface area contributed by atoms with Crippen LogP contribution in [-0.2, 0) is 11.2 Å². The molecule has 0 radical (unpaired) electrons. The molecule has 2 aliphatic rings. The van der Waals surface area contributed by atoms with Crippen LogP contribution < -0.4 is 19.5 Å². The molecule has 1 N–H and O–H groups in total. The predicted octanol–water partition coefficient (Wildman–Crippen LogP) is 3.20. The maximum absolute atomic E-state index is 12.5. The summed E-state index contributed by atoms with van der Waals surface area (Å²) in [5.74, 6) is 4.08. The van der Waals surface area contributed by atoms with Gasteiger partial charge in [0.1, 0.15) is 0 Å². The molecule has 0 unspecified atom stereocenters. The van der Waals surface area contributed by atoms with Crippen LogP contribution in [0.4, 0.5) is 0 Å². The number of nitrogens with one attached hydrogen (secondary N) is 1. The van der Waals surface area contributed by atoms with Crippen molar-refractivity contribution in [3.63, 3.8) is 0 Å². The average Bonchev–Trinajstić information content (AvgIpc) is 3.23. The zero-order valence-electron chi connectivity index (χ0n) is 15.6. The van der Waals surface area contributed by atoms with Crippen LogP contribution in [0.5, 0.6) is 17.2 Å². The molecule has 1 aromatic rings. The third-order valence-electron chi connectivity index (χ3n) is 5.91. The molecule has 5 heteroatoms. The minimum absolute atomic E-state index is 0.0459. The van der Waals surface area contributed by atoms with Gasteiger partial charge >= 0.3 is 0 Å². The molecule has 0 heterocycles. The normalized spacial score (nSPS) is 25.5. The summed E-state index contributed by atoms with van der Waals surface area (Å²) < 4.78 is 16.0. The van der Waals surface area contributed by atoms with E-state index >= 15 is 0 Å². The lowest BCUT2D eigenvalue weighted by molar-refractivity contribution is -0.121. The summed E-state index contributed by atoms with van der Waals surface area (Å²) in [5, 5.41) is 3.21. The smallest absolute Gasteiger partial charge is 0.224 e. The Bertz CT molecular complexity index is 605. The number of hydrogen-bond donors (Lipinski definition) is 1. The van der Waals surface area contributed by atoms with Crippen molar-refractivity contribution < 1.29 is 19.0 Å². The third kappa shape index (κ3) is 3.70. The van der Waals surface area contributed by atoms with Crippen molar-refractivity contribution in [2.24, 2.45) is 17.8 Å². The predicted molar refractivity (Wildman–Crippen MR) is 96.3 cm³/mol. The lowest BCUT2D eigenvalue weighted by atomic mass is 9.84. The van der Waals surface area contributed by atoms with E-state index in [0.717, 1.165) is 17.4 Å². The molecular weight excluding hydrogens is 318 g/mol. The average molecular weight is 347 g/mol. The van der Waals surface area contributed by atoms with Crippen LogP contribution in [0.2, 0.25) is 0 Å². The van der Waals surface area contributed by atoms with E-state index in [-0.39, 0.29) is 11.9 Å². The Morgan fingerprint density at radius 2 is 1.80 bits per heavy atom. The van der Waals surface area contributed by atoms with E-state index in [0.29, 0.717) is 29.6 Å². The van der Waals surface area contributed by atoms with E-state index in [4.69, 9.17) is 14.2 Å². The minimum atomic E-state index is 0.0459. The summed E-state index contributed by atoms with van der Waals surface area (Å²) in [7, 11) is 4.74. The molecule has 138 valence electrons. The molecule has 25 heavy (non-hydrogen) atoms. The zero-order chi connectivity index (χ0) is 18.0. The molecule has 2 saturated carbocycles. The van der Waals surface area contributed by atoms with E-state index in [1.54, 1.807) is 21.3 Å². The summed E-state index contributed by atoms with van der Waals surface area (Å²) in [4.78, 5) is 12.5. The van der Waals surface area contributed by atoms with Crippen molar-refractivity contribution in [3.05, 3.63) is 17.7 Å². The molecule has 3 rings (SSSR count). The van der Waals surface area contributed by atoms with Gasteiger partial charge in [-0.05, 0) is 61.6 Å². The Hall–Kier alpha value is -1.91. The molecule has 0 spiro atoms. The second-order valence-electron chi connectivity index (χ2n) is 7.41. The summed E-state index contributed by atoms with van der Waals surface area (Å²) in [6.07, 6.45) is 5.66. The number of benzene rings is 1. The highest BCUT2D eigenvalue weighted by Crippen LogP contribution is 2.49. The molecule has 1 aromatic carbocycles. The summed E-state index contributed by atoms with van der Waals surface area (Å²) in [6, 6.07) is 3.91. The Morgan fingerprint density at radius 1 is 1.12 bits per heavy atom. The van der Waals surface area contributed by atoms with E-state index in [2.05, 4.69) is 12.2 Å². The number of ether oxygens (including phenoxy) is 3. The molecular formula is C20H29NO4. The third-order valence-corrected chi connectivity index (χ3v) is 5.91. The number of fused-ring (bicyclic) bond motifs is 2. The highest BCUT2D eigenvalue weighted by molar-refractivity contribution is 5.79. The van der Waals surface area contributed by atoms with Crippen LogP contribution >= 0.6 is 0 Å². The van der Waals surface area contributed by atoms with Crippen molar-refractivity contribution in [1.82, 2.24) is 5.32 Å². The van der Waals surface area contributed by atoms with Crippen LogP contribution in [0.1, 0.15) is 38.2 Å². The van der Waals surface area contributed by atoms with Gasteiger partial charge in [0.25, 0.3) is 0 Å². The fourth-order valence-electron chi connectivity index (χ4n) is 4.74. The molecule has 5 nitrogen and oxygen atoms in total. The second kappa shape index (κ2) is 7.54. The lowest BCUT2D eigenvalue weighted by Gasteiger charge is -2.28. The topological polar surface area (TPSA) is 56.8 Å². The first-order valence-electron chi connectivity index (χ1n) is 9.14. The minimum Gasteiger partial charge on any atom is -0.493 e. The van der Waals surface area contributed by atoms with Gasteiger partial charge in [-0.2, -0.15) is 0 Å². The Morgan fingerprint density at radius 3 is 2.28 bits per heavy atom. The number of rotatable bonds is 7. The Balaban J connectivity index is 1.64. The van der Waals surface area contributed by atoms with Gasteiger partial charge in [0.2, 0.25) is 11.7 Å². The molecule has 2 bridgehead atoms. The first kappa shape index (κ1) is 17.9. The van der Waals surface area contributed by atoms with E-state index in [1.807, 2.05) is 12.1 Å². The van der Waals surface area contributed by atoms with Gasteiger partial charge < -0.3 is 19.5 Å². The summed E-state index contributed by atoms with van der Waals surface area (Å²) >= 11 is 0. The van der Waals surface area contributed by atoms with Gasteiger partial charge in [-0.1, -0.05) is 6.42 Å². The van der Waals surface area contributed by atoms with Crippen molar-refractivity contribution in [3.8, 4) is 17.2 Å². The van der Waals surface area contributed by atoms with E-state index < -0.39 is 0 Å². The standard InChI is InChI=1S/C20H29NO4/c1-12(16-8-13-5-6-15(16)7-13)21-19(22)11-14-9-17(23-2)20(25-4)18(10-14)24-3/h9-10,12-13,15-16H,5-8,11H2,1-4H3,(H,21,22)/t12-,13-,15-,16+/m0/s1. The lowest BCUT2D eigenvalue weighted by Crippen LogP contribution is -2.40. The Labute approximate surface area is 150 Å². The van der Waals surface area contributed by atoms with Gasteiger partial charge in [0.05, 0.1) is 27.8 Å². The van der Waals surface area contributed by atoms with Gasteiger partial charge in [-0.3, -0.25) is 4.79 Å². The highest BCUT2D eigenvalue weighted by Gasteiger charge is 2.42. The highest BCUT2D eigenvalue weighted by atomic mass is 16.5. The number of carbonyl (C=O) groups excluding carboxylic acids is 1. The summed E-state index contributed by atoms with van der Waals surface area (Å²) in [5.41, 5.74) is 0.854. The van der Waals surface area contributed by atoms with E-state index in [9.17, 15) is 4.79 Å². The Kier molecular flexibility index (Phi) is 5.40. The SMILES string of the molecule is COc1cc(CC(=O)N[C@@H](C)[C@H]2C[C@H]3CC[C@H]2C3)cc(OC)c1OC. The molecule has 1 amide bonds. The molecule has 2 aliphatic carbocycles. The monoisotopic (exact) mass is 347 g/mol. The number of hydrogen-bond acceptors (Lipinski definition) is 4. The van der Waals surface area contributed by atoms with Crippen molar-refractivity contribution in [2.75, 3.05) is 21.3 Å². The van der Waals surface area contributed by atoms with E-state index in [1.165, 1.54) is 25.7 Å². The van der Waals surface area contributed by atoms with Crippen molar-refractivity contribution >= 4 is 5.91 Å². The fraction of sp³-hybridized carbons (Fsp3) is 0.650. The molecule has 2 fully saturated rings. The van der Waals surface area contributed by atoms with Gasteiger partial charge in [-0.25, -0.2) is 0 Å². The maximum Gasteiger partial charge on any atom is 0.224 e. The quantitative estimate of drug-likeness (QED) is 0.823. The van der Waals surface area contributed by atoms with Crippen LogP contribution in [0.3, 0.4) is 0 Å². The van der Waals surface area contributed by atoms with Crippen LogP contribution in [-0.4, -0.2) is 33.3 Å². The fourth-order valence-corrected chi connectivity index (χ4v) is 4.74. The maximum atomic E-state index is 12.5.